The number of esters is 1. The van der Waals surface area contributed by atoms with Crippen molar-refractivity contribution in [1.82, 2.24) is 0 Å². The number of carbonyl (C=O) groups excluding carboxylic acids is 3. The average Bonchev–Trinajstić information content (AvgIpc) is 2.66. The van der Waals surface area contributed by atoms with Crippen molar-refractivity contribution in [2.45, 2.75) is 26.7 Å². The lowest BCUT2D eigenvalue weighted by molar-refractivity contribution is -0.147. The SMILES string of the molecule is Cc1c(Br)ccc(NC(=O)COC(=O)CCC(=O)Nc2ccccc2)c1C. The molecule has 0 aliphatic carbocycles. The average molecular weight is 433 g/mol. The normalized spacial score (nSPS) is 10.2. The Morgan fingerprint density at radius 2 is 1.59 bits per heavy atom. The van der Waals surface area contributed by atoms with Gasteiger partial charge in [0, 0.05) is 22.3 Å². The Kier molecular flexibility index (Phi) is 7.55. The highest BCUT2D eigenvalue weighted by Crippen LogP contribution is 2.25. The van der Waals surface area contributed by atoms with E-state index in [1.165, 1.54) is 0 Å². The molecule has 2 rings (SSSR count). The first kappa shape index (κ1) is 20.6. The maximum Gasteiger partial charge on any atom is 0.306 e. The van der Waals surface area contributed by atoms with Crippen molar-refractivity contribution in [3.05, 3.63) is 58.1 Å². The minimum absolute atomic E-state index is 0.0135. The predicted molar refractivity (Wildman–Crippen MR) is 108 cm³/mol. The van der Waals surface area contributed by atoms with Crippen LogP contribution < -0.4 is 10.6 Å². The van der Waals surface area contributed by atoms with Crippen molar-refractivity contribution in [1.29, 1.82) is 0 Å². The summed E-state index contributed by atoms with van der Waals surface area (Å²) in [7, 11) is 0. The van der Waals surface area contributed by atoms with Gasteiger partial charge in [-0.3, -0.25) is 14.4 Å². The van der Waals surface area contributed by atoms with Crippen LogP contribution in [0.2, 0.25) is 0 Å². The topological polar surface area (TPSA) is 84.5 Å². The van der Waals surface area contributed by atoms with E-state index in [9.17, 15) is 14.4 Å². The standard InChI is InChI=1S/C20H21BrN2O4/c1-13-14(2)17(9-8-16(13)21)23-19(25)12-27-20(26)11-10-18(24)22-15-6-4-3-5-7-15/h3-9H,10-12H2,1-2H3,(H,22,24)(H,23,25). The molecule has 142 valence electrons. The third kappa shape index (κ3) is 6.53. The smallest absolute Gasteiger partial charge is 0.306 e. The molecule has 2 N–H and O–H groups in total. The molecule has 0 spiro atoms. The van der Waals surface area contributed by atoms with Crippen LogP contribution in [-0.2, 0) is 19.1 Å². The number of para-hydroxylation sites is 1. The monoisotopic (exact) mass is 432 g/mol. The van der Waals surface area contributed by atoms with Crippen LogP contribution in [0.4, 0.5) is 11.4 Å². The molecular weight excluding hydrogens is 412 g/mol. The van der Waals surface area contributed by atoms with E-state index in [1.807, 2.05) is 26.0 Å². The van der Waals surface area contributed by atoms with Crippen molar-refractivity contribution in [2.24, 2.45) is 0 Å². The molecule has 0 saturated carbocycles. The highest BCUT2D eigenvalue weighted by Gasteiger charge is 2.12. The molecule has 6 nitrogen and oxygen atoms in total. The summed E-state index contributed by atoms with van der Waals surface area (Å²) in [5, 5.41) is 5.40. The van der Waals surface area contributed by atoms with Crippen LogP contribution in [0.3, 0.4) is 0 Å². The van der Waals surface area contributed by atoms with Gasteiger partial charge in [0.1, 0.15) is 0 Å². The Balaban J connectivity index is 1.73. The van der Waals surface area contributed by atoms with Gasteiger partial charge in [-0.25, -0.2) is 0 Å². The van der Waals surface area contributed by atoms with Crippen LogP contribution in [-0.4, -0.2) is 24.4 Å². The van der Waals surface area contributed by atoms with Gasteiger partial charge in [-0.05, 0) is 49.2 Å². The number of rotatable bonds is 7. The van der Waals surface area contributed by atoms with Gasteiger partial charge >= 0.3 is 5.97 Å². The first-order valence-corrected chi connectivity index (χ1v) is 9.22. The highest BCUT2D eigenvalue weighted by molar-refractivity contribution is 9.10. The number of hydrogen-bond acceptors (Lipinski definition) is 4. The number of hydrogen-bond donors (Lipinski definition) is 2. The Morgan fingerprint density at radius 3 is 2.30 bits per heavy atom. The number of benzene rings is 2. The van der Waals surface area contributed by atoms with Gasteiger partial charge in [0.2, 0.25) is 5.91 Å². The molecule has 0 aliphatic rings. The molecular formula is C20H21BrN2O4. The van der Waals surface area contributed by atoms with E-state index < -0.39 is 18.5 Å². The van der Waals surface area contributed by atoms with Gasteiger partial charge < -0.3 is 15.4 Å². The predicted octanol–water partition coefficient (Wildman–Crippen LogP) is 3.97. The minimum Gasteiger partial charge on any atom is -0.456 e. The highest BCUT2D eigenvalue weighted by atomic mass is 79.9. The summed E-state index contributed by atoms with van der Waals surface area (Å²) in [6.07, 6.45) is -0.108. The van der Waals surface area contributed by atoms with Crippen LogP contribution in [0, 0.1) is 13.8 Å². The molecule has 2 aromatic carbocycles. The molecule has 0 fully saturated rings. The fourth-order valence-corrected chi connectivity index (χ4v) is 2.72. The molecule has 0 aliphatic heterocycles. The second-order valence-corrected chi connectivity index (χ2v) is 6.82. The summed E-state index contributed by atoms with van der Waals surface area (Å²) in [4.78, 5) is 35.5. The Morgan fingerprint density at radius 1 is 0.889 bits per heavy atom. The van der Waals surface area contributed by atoms with Crippen molar-refractivity contribution in [3.8, 4) is 0 Å². The Bertz CT molecular complexity index is 837. The Hall–Kier alpha value is -2.67. The molecule has 0 unspecified atom stereocenters. The lowest BCUT2D eigenvalue weighted by atomic mass is 10.1. The molecule has 27 heavy (non-hydrogen) atoms. The van der Waals surface area contributed by atoms with Crippen molar-refractivity contribution >= 4 is 45.1 Å². The maximum absolute atomic E-state index is 12.0. The van der Waals surface area contributed by atoms with E-state index >= 15 is 0 Å². The molecule has 0 saturated heterocycles. The lowest BCUT2D eigenvalue weighted by Crippen LogP contribution is -2.22. The zero-order valence-corrected chi connectivity index (χ0v) is 16.8. The van der Waals surface area contributed by atoms with E-state index in [-0.39, 0.29) is 18.7 Å². The van der Waals surface area contributed by atoms with Crippen LogP contribution in [0.25, 0.3) is 0 Å². The molecule has 7 heteroatoms. The summed E-state index contributed by atoms with van der Waals surface area (Å²) in [6.45, 7) is 3.44. The number of carbonyl (C=O) groups is 3. The summed E-state index contributed by atoms with van der Waals surface area (Å²) >= 11 is 3.43. The molecule has 0 heterocycles. The van der Waals surface area contributed by atoms with Crippen LogP contribution in [0.1, 0.15) is 24.0 Å². The van der Waals surface area contributed by atoms with Crippen molar-refractivity contribution in [2.75, 3.05) is 17.2 Å². The summed E-state index contributed by atoms with van der Waals surface area (Å²) in [5.74, 6) is -1.32. The van der Waals surface area contributed by atoms with Gasteiger partial charge in [-0.1, -0.05) is 34.1 Å². The largest absolute Gasteiger partial charge is 0.456 e. The fourth-order valence-electron chi connectivity index (χ4n) is 2.29. The van der Waals surface area contributed by atoms with Crippen LogP contribution in [0.5, 0.6) is 0 Å². The lowest BCUT2D eigenvalue weighted by Gasteiger charge is -2.12. The van der Waals surface area contributed by atoms with Gasteiger partial charge in [0.05, 0.1) is 6.42 Å². The second kappa shape index (κ2) is 9.87. The third-order valence-corrected chi connectivity index (χ3v) is 4.83. The number of ether oxygens (including phenoxy) is 1. The summed E-state index contributed by atoms with van der Waals surface area (Å²) < 4.78 is 5.89. The van der Waals surface area contributed by atoms with Crippen LogP contribution >= 0.6 is 15.9 Å². The molecule has 2 amide bonds. The molecule has 0 aromatic heterocycles. The zero-order valence-electron chi connectivity index (χ0n) is 15.2. The summed E-state index contributed by atoms with van der Waals surface area (Å²) in [6, 6.07) is 12.6. The van der Waals surface area contributed by atoms with E-state index in [0.717, 1.165) is 15.6 Å². The van der Waals surface area contributed by atoms with Crippen molar-refractivity contribution < 1.29 is 19.1 Å². The number of amides is 2. The number of anilines is 2. The first-order chi connectivity index (χ1) is 12.9. The fraction of sp³-hybridized carbons (Fsp3) is 0.250. The van der Waals surface area contributed by atoms with E-state index in [1.54, 1.807) is 30.3 Å². The maximum atomic E-state index is 12.0. The summed E-state index contributed by atoms with van der Waals surface area (Å²) in [5.41, 5.74) is 3.28. The van der Waals surface area contributed by atoms with Gasteiger partial charge in [0.15, 0.2) is 6.61 Å². The van der Waals surface area contributed by atoms with E-state index in [0.29, 0.717) is 11.4 Å². The second-order valence-electron chi connectivity index (χ2n) is 5.97. The van der Waals surface area contributed by atoms with E-state index in [2.05, 4.69) is 26.6 Å². The third-order valence-electron chi connectivity index (χ3n) is 3.97. The molecule has 2 aromatic rings. The Labute approximate surface area is 166 Å². The van der Waals surface area contributed by atoms with E-state index in [4.69, 9.17) is 4.74 Å². The quantitative estimate of drug-likeness (QED) is 0.648. The van der Waals surface area contributed by atoms with Crippen LogP contribution in [0.15, 0.2) is 46.9 Å². The molecule has 0 atom stereocenters. The minimum atomic E-state index is -0.600. The number of nitrogens with one attached hydrogen (secondary N) is 2. The molecule has 0 bridgehead atoms. The zero-order chi connectivity index (χ0) is 19.8. The first-order valence-electron chi connectivity index (χ1n) is 8.43. The number of halogens is 1. The molecule has 0 radical (unpaired) electrons. The van der Waals surface area contributed by atoms with Gasteiger partial charge in [-0.2, -0.15) is 0 Å². The van der Waals surface area contributed by atoms with Gasteiger partial charge in [0.25, 0.3) is 5.91 Å². The van der Waals surface area contributed by atoms with Crippen molar-refractivity contribution in [3.63, 3.8) is 0 Å². The van der Waals surface area contributed by atoms with Gasteiger partial charge in [-0.15, -0.1) is 0 Å².